The summed E-state index contributed by atoms with van der Waals surface area (Å²) in [6.45, 7) is 7.83. The van der Waals surface area contributed by atoms with Crippen molar-refractivity contribution in [3.8, 4) is 0 Å². The van der Waals surface area contributed by atoms with Crippen LogP contribution in [0.3, 0.4) is 0 Å². The van der Waals surface area contributed by atoms with Crippen LogP contribution >= 0.6 is 8.69 Å². The van der Waals surface area contributed by atoms with Crippen molar-refractivity contribution >= 4 is 14.7 Å². The van der Waals surface area contributed by atoms with Crippen LogP contribution in [0.15, 0.2) is 6.07 Å². The molecule has 0 aromatic heterocycles. The van der Waals surface area contributed by atoms with Crippen molar-refractivity contribution < 1.29 is 13.9 Å². The highest BCUT2D eigenvalue weighted by Crippen LogP contribution is 2.24. The van der Waals surface area contributed by atoms with Crippen LogP contribution in [0, 0.1) is 20.8 Å². The molecule has 0 bridgehead atoms. The van der Waals surface area contributed by atoms with E-state index in [-0.39, 0.29) is 0 Å². The molecule has 0 aliphatic rings. The lowest BCUT2D eigenvalue weighted by Crippen LogP contribution is -2.08. The predicted molar refractivity (Wildman–Crippen MR) is 63.1 cm³/mol. The first-order valence-corrected chi connectivity index (χ1v) is 5.89. The van der Waals surface area contributed by atoms with Gasteiger partial charge < -0.3 is 4.52 Å². The minimum Gasteiger partial charge on any atom is -0.369 e. The number of carbonyl (C=O) groups excluding carboxylic acids is 1. The largest absolute Gasteiger partial charge is 0.398 e. The molecule has 1 rings (SSSR count). The van der Waals surface area contributed by atoms with Crippen molar-refractivity contribution in [3.05, 3.63) is 33.9 Å². The Morgan fingerprint density at radius 1 is 1.31 bits per heavy atom. The fourth-order valence-corrected chi connectivity index (χ4v) is 2.32. The summed E-state index contributed by atoms with van der Waals surface area (Å²) in [5.74, 6) is -0.527. The van der Waals surface area contributed by atoms with Crippen molar-refractivity contribution in [2.75, 3.05) is 0 Å². The molecular formula is C12H15O3P. The molecule has 0 N–H and O–H groups in total. The van der Waals surface area contributed by atoms with E-state index in [4.69, 9.17) is 0 Å². The Morgan fingerprint density at radius 3 is 2.44 bits per heavy atom. The quantitative estimate of drug-likeness (QED) is 0.756. The molecule has 0 aliphatic carbocycles. The number of carbonyl (C=O) groups is 1. The van der Waals surface area contributed by atoms with Crippen LogP contribution in [0.2, 0.25) is 0 Å². The van der Waals surface area contributed by atoms with Gasteiger partial charge in [0, 0.05) is 0 Å². The van der Waals surface area contributed by atoms with Crippen molar-refractivity contribution in [1.29, 1.82) is 0 Å². The van der Waals surface area contributed by atoms with E-state index in [1.807, 2.05) is 33.8 Å². The van der Waals surface area contributed by atoms with E-state index in [1.165, 1.54) is 5.56 Å². The molecule has 0 amide bonds. The van der Waals surface area contributed by atoms with Gasteiger partial charge in [-0.2, -0.15) is 0 Å². The molecule has 1 aromatic rings. The highest BCUT2D eigenvalue weighted by Gasteiger charge is 2.17. The van der Waals surface area contributed by atoms with E-state index in [2.05, 4.69) is 4.52 Å². The van der Waals surface area contributed by atoms with Gasteiger partial charge in [0.2, 0.25) is 0 Å². The Bertz CT molecular complexity index is 438. The van der Waals surface area contributed by atoms with E-state index in [9.17, 15) is 9.36 Å². The molecule has 3 nitrogen and oxygen atoms in total. The molecule has 0 spiro atoms. The van der Waals surface area contributed by atoms with Gasteiger partial charge in [-0.1, -0.05) is 13.0 Å². The molecule has 0 heterocycles. The van der Waals surface area contributed by atoms with Crippen molar-refractivity contribution in [2.45, 2.75) is 34.1 Å². The van der Waals surface area contributed by atoms with Gasteiger partial charge in [0.1, 0.15) is 0 Å². The summed E-state index contributed by atoms with van der Waals surface area (Å²) in [6, 6.07) is 1.96. The van der Waals surface area contributed by atoms with Crippen molar-refractivity contribution in [1.82, 2.24) is 0 Å². The van der Waals surface area contributed by atoms with Gasteiger partial charge in [0.05, 0.1) is 5.56 Å². The molecule has 0 unspecified atom stereocenters. The van der Waals surface area contributed by atoms with Gasteiger partial charge in [-0.25, -0.2) is 9.36 Å². The Balaban J connectivity index is 3.38. The Hall–Kier alpha value is -1.21. The lowest BCUT2D eigenvalue weighted by molar-refractivity contribution is 0.0754. The average molecular weight is 238 g/mol. The maximum absolute atomic E-state index is 11.6. The average Bonchev–Trinajstić information content (AvgIpc) is 2.17. The van der Waals surface area contributed by atoms with Crippen molar-refractivity contribution in [2.24, 2.45) is 0 Å². The zero-order valence-corrected chi connectivity index (χ0v) is 10.9. The smallest absolute Gasteiger partial charge is 0.369 e. The normalized spacial score (nSPS) is 10.5. The first-order chi connectivity index (χ1) is 7.52. The van der Waals surface area contributed by atoms with Gasteiger partial charge in [-0.15, -0.1) is 0 Å². The highest BCUT2D eigenvalue weighted by atomic mass is 31.1. The molecule has 1 aromatic carbocycles. The fourth-order valence-electron chi connectivity index (χ4n) is 2.16. The summed E-state index contributed by atoms with van der Waals surface area (Å²) in [7, 11) is -0.604. The third-order valence-electron chi connectivity index (χ3n) is 2.81. The van der Waals surface area contributed by atoms with Gasteiger partial charge >= 0.3 is 14.7 Å². The van der Waals surface area contributed by atoms with Crippen LogP contribution in [0.1, 0.15) is 39.5 Å². The zero-order valence-electron chi connectivity index (χ0n) is 9.96. The van der Waals surface area contributed by atoms with Crippen LogP contribution in [0.4, 0.5) is 0 Å². The van der Waals surface area contributed by atoms with Gasteiger partial charge in [-0.05, 0) is 49.4 Å². The van der Waals surface area contributed by atoms with E-state index >= 15 is 0 Å². The summed E-state index contributed by atoms with van der Waals surface area (Å²) in [4.78, 5) is 11.6. The Morgan fingerprint density at radius 2 is 1.94 bits per heavy atom. The van der Waals surface area contributed by atoms with Gasteiger partial charge in [0.15, 0.2) is 0 Å². The summed E-state index contributed by atoms with van der Waals surface area (Å²) in [5, 5.41) is 0. The number of hydrogen-bond donors (Lipinski definition) is 0. The SMILES string of the molecule is CCc1c(C)cc(C)c(C(=O)OP=O)c1C. The Kier molecular flexibility index (Phi) is 4.19. The molecule has 0 radical (unpaired) electrons. The maximum atomic E-state index is 11.6. The van der Waals surface area contributed by atoms with Crippen molar-refractivity contribution in [3.63, 3.8) is 0 Å². The molecular weight excluding hydrogens is 223 g/mol. The van der Waals surface area contributed by atoms with E-state index in [1.54, 1.807) is 0 Å². The van der Waals surface area contributed by atoms with Gasteiger partial charge in [-0.3, -0.25) is 0 Å². The minimum atomic E-state index is -0.604. The number of rotatable bonds is 3. The van der Waals surface area contributed by atoms with Crippen LogP contribution in [0.5, 0.6) is 0 Å². The second-order valence-electron chi connectivity index (χ2n) is 3.80. The first-order valence-electron chi connectivity index (χ1n) is 5.16. The van der Waals surface area contributed by atoms with E-state index in [0.717, 1.165) is 23.1 Å². The zero-order chi connectivity index (χ0) is 12.3. The monoisotopic (exact) mass is 238 g/mol. The molecule has 4 heteroatoms. The van der Waals surface area contributed by atoms with Gasteiger partial charge in [0.25, 0.3) is 0 Å². The van der Waals surface area contributed by atoms with E-state index < -0.39 is 14.7 Å². The molecule has 0 saturated heterocycles. The molecule has 0 fully saturated rings. The van der Waals surface area contributed by atoms with Crippen LogP contribution in [-0.4, -0.2) is 5.97 Å². The standard InChI is InChI=1S/C12H15O3P/c1-5-10-7(2)6-8(3)11(9(10)4)12(13)15-16-14/h6H,5H2,1-4H3. The third-order valence-corrected chi connectivity index (χ3v) is 3.05. The highest BCUT2D eigenvalue weighted by molar-refractivity contribution is 7.18. The molecule has 0 aliphatic heterocycles. The predicted octanol–water partition coefficient (Wildman–Crippen LogP) is 3.54. The lowest BCUT2D eigenvalue weighted by atomic mass is 9.92. The second kappa shape index (κ2) is 5.22. The summed E-state index contributed by atoms with van der Waals surface area (Å²) < 4.78 is 14.8. The minimum absolute atomic E-state index is 0.527. The second-order valence-corrected chi connectivity index (χ2v) is 4.13. The fraction of sp³-hybridized carbons (Fsp3) is 0.417. The number of hydrogen-bond acceptors (Lipinski definition) is 3. The molecule has 0 saturated carbocycles. The summed E-state index contributed by atoms with van der Waals surface area (Å²) in [6.07, 6.45) is 0.868. The summed E-state index contributed by atoms with van der Waals surface area (Å²) >= 11 is 0. The topological polar surface area (TPSA) is 43.4 Å². The van der Waals surface area contributed by atoms with Crippen LogP contribution in [0.25, 0.3) is 0 Å². The first kappa shape index (κ1) is 12.9. The summed E-state index contributed by atoms with van der Waals surface area (Å²) in [5.41, 5.74) is 4.65. The maximum Gasteiger partial charge on any atom is 0.398 e. The van der Waals surface area contributed by atoms with E-state index in [0.29, 0.717) is 5.56 Å². The molecule has 16 heavy (non-hydrogen) atoms. The van der Waals surface area contributed by atoms with Crippen LogP contribution < -0.4 is 0 Å². The molecule has 0 atom stereocenters. The lowest BCUT2D eigenvalue weighted by Gasteiger charge is -2.14. The third kappa shape index (κ3) is 2.30. The number of benzene rings is 1. The molecule has 86 valence electrons. The van der Waals surface area contributed by atoms with Crippen LogP contribution in [-0.2, 0) is 15.5 Å². The number of aryl methyl sites for hydroxylation is 2. The Labute approximate surface area is 97.1 Å².